The Kier molecular flexibility index (Phi) is 4.99. The molecule has 2 aliphatic rings. The molecule has 3 aromatic carbocycles. The highest BCUT2D eigenvalue weighted by Gasteiger charge is 2.35. The smallest absolute Gasteiger partial charge is 0.202 e. The van der Waals surface area contributed by atoms with E-state index >= 15 is 0 Å². The normalized spacial score (nSPS) is 17.9. The van der Waals surface area contributed by atoms with Gasteiger partial charge in [-0.15, -0.1) is 0 Å². The molecule has 3 heterocycles. The van der Waals surface area contributed by atoms with Gasteiger partial charge in [0.2, 0.25) is 5.66 Å². The summed E-state index contributed by atoms with van der Waals surface area (Å²) in [5.41, 5.74) is 5.41. The summed E-state index contributed by atoms with van der Waals surface area (Å²) in [7, 11) is 0. The summed E-state index contributed by atoms with van der Waals surface area (Å²) in [4.78, 5) is 19.5. The zero-order chi connectivity index (χ0) is 23.0. The Morgan fingerprint density at radius 1 is 0.706 bits per heavy atom. The predicted octanol–water partition coefficient (Wildman–Crippen LogP) is 4.90. The maximum Gasteiger partial charge on any atom is 0.202 e. The Labute approximate surface area is 198 Å². The van der Waals surface area contributed by atoms with Crippen LogP contribution in [0.1, 0.15) is 23.6 Å². The number of rotatable bonds is 4. The van der Waals surface area contributed by atoms with Crippen molar-refractivity contribution in [3.8, 4) is 11.3 Å². The Hall–Kier alpha value is -4.18. The van der Waals surface area contributed by atoms with Crippen molar-refractivity contribution in [3.05, 3.63) is 137 Å². The molecule has 4 heteroatoms. The Morgan fingerprint density at radius 3 is 1.88 bits per heavy atom. The number of benzene rings is 3. The van der Waals surface area contributed by atoms with Gasteiger partial charge in [-0.2, -0.15) is 0 Å². The van der Waals surface area contributed by atoms with Crippen molar-refractivity contribution < 1.29 is 0 Å². The molecule has 1 aromatic heterocycles. The quantitative estimate of drug-likeness (QED) is 0.445. The summed E-state index contributed by atoms with van der Waals surface area (Å²) in [6, 6.07) is 31.0. The van der Waals surface area contributed by atoms with Crippen LogP contribution in [0.4, 0.5) is 0 Å². The molecule has 0 bridgehead atoms. The number of fused-ring (bicyclic) bond motifs is 1. The second kappa shape index (κ2) is 8.31. The number of para-hydroxylation sites is 2. The van der Waals surface area contributed by atoms with Crippen molar-refractivity contribution in [2.75, 3.05) is 6.54 Å². The number of pyridine rings is 1. The van der Waals surface area contributed by atoms with Crippen LogP contribution in [0, 0.1) is 5.92 Å². The average molecular weight is 441 g/mol. The summed E-state index contributed by atoms with van der Waals surface area (Å²) in [6.07, 6.45) is 6.16. The van der Waals surface area contributed by atoms with Crippen molar-refractivity contribution in [1.29, 1.82) is 0 Å². The van der Waals surface area contributed by atoms with Gasteiger partial charge in [-0.1, -0.05) is 79.7 Å². The van der Waals surface area contributed by atoms with Gasteiger partial charge in [-0.3, -0.25) is 9.98 Å². The Bertz CT molecular complexity index is 1480. The molecule has 4 nitrogen and oxygen atoms in total. The lowest BCUT2D eigenvalue weighted by molar-refractivity contribution is 0.569. The number of dihydropyridines is 1. The standard InChI is InChI=1S/C30H24N4/c1-21-9-18-27(32-20-21)23-12-16-25(17-13-23)30(33-28-7-2-3-8-29(28)34-30)24-14-10-22(11-15-24)26-6-4-5-19-31-26/h2-19,21H,20H2,1H3. The first-order chi connectivity index (χ1) is 16.7. The molecule has 0 saturated heterocycles. The van der Waals surface area contributed by atoms with Crippen LogP contribution in [-0.4, -0.2) is 17.2 Å². The maximum atomic E-state index is 5.15. The second-order valence-electron chi connectivity index (χ2n) is 8.82. The topological polar surface area (TPSA) is 50.0 Å². The van der Waals surface area contributed by atoms with Crippen LogP contribution in [0.3, 0.4) is 0 Å². The molecule has 0 spiro atoms. The fourth-order valence-electron chi connectivity index (χ4n) is 4.53. The summed E-state index contributed by atoms with van der Waals surface area (Å²) in [6.45, 7) is 3.02. The molecule has 6 rings (SSSR count). The first kappa shape index (κ1) is 20.4. The lowest BCUT2D eigenvalue weighted by Gasteiger charge is -2.25. The van der Waals surface area contributed by atoms with Crippen molar-refractivity contribution in [2.24, 2.45) is 20.9 Å². The van der Waals surface area contributed by atoms with Gasteiger partial charge >= 0.3 is 0 Å². The van der Waals surface area contributed by atoms with E-state index in [-0.39, 0.29) is 0 Å². The van der Waals surface area contributed by atoms with E-state index in [1.165, 1.54) is 0 Å². The molecule has 1 unspecified atom stereocenters. The van der Waals surface area contributed by atoms with Gasteiger partial charge in [0.05, 0.1) is 22.1 Å². The average Bonchev–Trinajstić information content (AvgIpc) is 3.31. The largest absolute Gasteiger partial charge is 0.284 e. The fraction of sp³-hybridized carbons (Fsp3) is 0.133. The number of aromatic nitrogens is 1. The maximum absolute atomic E-state index is 5.15. The highest BCUT2D eigenvalue weighted by atomic mass is 15.1. The monoisotopic (exact) mass is 440 g/mol. The number of allylic oxidation sites excluding steroid dienone is 1. The van der Waals surface area contributed by atoms with E-state index < -0.39 is 5.66 Å². The molecule has 164 valence electrons. The fourth-order valence-corrected chi connectivity index (χ4v) is 4.53. The van der Waals surface area contributed by atoms with Gasteiger partial charge < -0.3 is 0 Å². The highest BCUT2D eigenvalue weighted by Crippen LogP contribution is 2.37. The SMILES string of the molecule is CC1C=CC(c2ccc(C3(c4ccc(-c5ccccn5)cc4)N=c4ccccc4=N3)cc2)=NC1. The Morgan fingerprint density at radius 2 is 1.32 bits per heavy atom. The predicted molar refractivity (Wildman–Crippen MR) is 135 cm³/mol. The molecule has 0 N–H and O–H groups in total. The summed E-state index contributed by atoms with van der Waals surface area (Å²) in [5, 5.41) is 1.82. The molecular formula is C30H24N4. The molecule has 0 amide bonds. The minimum Gasteiger partial charge on any atom is -0.284 e. The highest BCUT2D eigenvalue weighted by molar-refractivity contribution is 6.09. The molecule has 34 heavy (non-hydrogen) atoms. The van der Waals surface area contributed by atoms with Crippen molar-refractivity contribution in [2.45, 2.75) is 12.6 Å². The van der Waals surface area contributed by atoms with E-state index in [0.29, 0.717) is 5.92 Å². The lowest BCUT2D eigenvalue weighted by atomic mass is 9.90. The van der Waals surface area contributed by atoms with Gasteiger partial charge in [0.1, 0.15) is 0 Å². The van der Waals surface area contributed by atoms with Crippen LogP contribution >= 0.6 is 0 Å². The van der Waals surface area contributed by atoms with Crippen LogP contribution in [0.5, 0.6) is 0 Å². The summed E-state index contributed by atoms with van der Waals surface area (Å²) < 4.78 is 0. The molecule has 4 aromatic rings. The van der Waals surface area contributed by atoms with Crippen LogP contribution in [0.2, 0.25) is 0 Å². The number of nitrogens with zero attached hydrogens (tertiary/aromatic N) is 4. The van der Waals surface area contributed by atoms with E-state index in [1.807, 2.05) is 48.7 Å². The first-order valence-electron chi connectivity index (χ1n) is 11.6. The van der Waals surface area contributed by atoms with Gasteiger partial charge in [0.25, 0.3) is 0 Å². The molecule has 0 fully saturated rings. The van der Waals surface area contributed by atoms with Crippen molar-refractivity contribution in [3.63, 3.8) is 0 Å². The van der Waals surface area contributed by atoms with E-state index in [0.717, 1.165) is 50.9 Å². The molecule has 2 aliphatic heterocycles. The third-order valence-electron chi connectivity index (χ3n) is 6.41. The summed E-state index contributed by atoms with van der Waals surface area (Å²) >= 11 is 0. The Balaban J connectivity index is 1.44. The molecular weight excluding hydrogens is 416 g/mol. The van der Waals surface area contributed by atoms with Gasteiger partial charge in [0.15, 0.2) is 0 Å². The van der Waals surface area contributed by atoms with Gasteiger partial charge in [-0.25, -0.2) is 9.98 Å². The second-order valence-corrected chi connectivity index (χ2v) is 8.82. The van der Waals surface area contributed by atoms with Gasteiger partial charge in [0, 0.05) is 29.4 Å². The van der Waals surface area contributed by atoms with Crippen LogP contribution in [0.15, 0.2) is 124 Å². The zero-order valence-corrected chi connectivity index (χ0v) is 19.0. The van der Waals surface area contributed by atoms with Crippen molar-refractivity contribution in [1.82, 2.24) is 4.98 Å². The van der Waals surface area contributed by atoms with Gasteiger partial charge in [-0.05, 0) is 41.8 Å². The number of hydrogen-bond acceptors (Lipinski definition) is 4. The van der Waals surface area contributed by atoms with Crippen LogP contribution in [-0.2, 0) is 5.66 Å². The zero-order valence-electron chi connectivity index (χ0n) is 19.0. The first-order valence-corrected chi connectivity index (χ1v) is 11.6. The van der Waals surface area contributed by atoms with Crippen LogP contribution in [0.25, 0.3) is 11.3 Å². The third kappa shape index (κ3) is 3.57. The molecule has 1 atom stereocenters. The molecule has 0 aliphatic carbocycles. The minimum atomic E-state index is -0.816. The molecule has 0 radical (unpaired) electrons. The van der Waals surface area contributed by atoms with E-state index in [9.17, 15) is 0 Å². The lowest BCUT2D eigenvalue weighted by Crippen LogP contribution is -2.22. The van der Waals surface area contributed by atoms with E-state index in [1.54, 1.807) is 0 Å². The third-order valence-corrected chi connectivity index (χ3v) is 6.41. The number of aliphatic imine (C=N–C) groups is 1. The number of hydrogen-bond donors (Lipinski definition) is 0. The van der Waals surface area contributed by atoms with Crippen LogP contribution < -0.4 is 10.7 Å². The molecule has 0 saturated carbocycles. The van der Waals surface area contributed by atoms with E-state index in [4.69, 9.17) is 15.0 Å². The summed E-state index contributed by atoms with van der Waals surface area (Å²) in [5.74, 6) is 0.495. The van der Waals surface area contributed by atoms with Crippen molar-refractivity contribution >= 4 is 5.71 Å². The van der Waals surface area contributed by atoms with E-state index in [2.05, 4.69) is 72.6 Å². The minimum absolute atomic E-state index is 0.495.